The maximum Gasteiger partial charge on any atom is 0.266 e. The molecule has 0 aromatic carbocycles. The number of hydrogen-bond donors (Lipinski definition) is 2. The Hall–Kier alpha value is -0.890. The summed E-state index contributed by atoms with van der Waals surface area (Å²) < 4.78 is 32.3. The highest BCUT2D eigenvalue weighted by Gasteiger charge is 2.32. The molecule has 0 unspecified atom stereocenters. The monoisotopic (exact) mass is 306 g/mol. The fourth-order valence-corrected chi connectivity index (χ4v) is 3.59. The highest BCUT2D eigenvalue weighted by molar-refractivity contribution is 7.89. The number of H-pyrrole nitrogens is 1. The minimum Gasteiger partial charge on any atom is -0.381 e. The summed E-state index contributed by atoms with van der Waals surface area (Å²) in [5.74, 6) is 0. The van der Waals surface area contributed by atoms with Crippen LogP contribution in [0.15, 0.2) is 22.0 Å². The quantitative estimate of drug-likeness (QED) is 0.867. The fourth-order valence-electron chi connectivity index (χ4n) is 1.90. The van der Waals surface area contributed by atoms with E-state index in [4.69, 9.17) is 16.3 Å². The number of sulfonamides is 1. The molecule has 19 heavy (non-hydrogen) atoms. The van der Waals surface area contributed by atoms with Gasteiger partial charge in [0.15, 0.2) is 0 Å². The van der Waals surface area contributed by atoms with E-state index >= 15 is 0 Å². The third-order valence-electron chi connectivity index (χ3n) is 3.12. The second-order valence-electron chi connectivity index (χ2n) is 4.79. The van der Waals surface area contributed by atoms with Crippen LogP contribution in [0, 0.1) is 0 Å². The van der Waals surface area contributed by atoms with Crippen LogP contribution < -0.4 is 10.3 Å². The molecule has 1 fully saturated rings. The summed E-state index contributed by atoms with van der Waals surface area (Å²) in [6, 6.07) is 1.14. The average Bonchev–Trinajstić information content (AvgIpc) is 2.32. The van der Waals surface area contributed by atoms with Crippen molar-refractivity contribution >= 4 is 21.6 Å². The molecule has 1 saturated heterocycles. The van der Waals surface area contributed by atoms with Gasteiger partial charge in [0.1, 0.15) is 5.02 Å². The van der Waals surface area contributed by atoms with Gasteiger partial charge in [-0.05, 0) is 25.8 Å². The number of aromatic amines is 1. The Morgan fingerprint density at radius 2 is 2.05 bits per heavy atom. The van der Waals surface area contributed by atoms with Crippen LogP contribution in [0.2, 0.25) is 5.02 Å². The Bertz CT molecular complexity index is 620. The lowest BCUT2D eigenvalue weighted by atomic mass is 9.94. The van der Waals surface area contributed by atoms with E-state index in [1.54, 1.807) is 0 Å². The Morgan fingerprint density at radius 1 is 1.42 bits per heavy atom. The van der Waals surface area contributed by atoms with E-state index in [1.165, 1.54) is 0 Å². The first kappa shape index (κ1) is 14.5. The number of halogens is 1. The number of rotatable bonds is 3. The third kappa shape index (κ3) is 3.36. The van der Waals surface area contributed by atoms with E-state index in [9.17, 15) is 13.2 Å². The minimum absolute atomic E-state index is 0.0511. The van der Waals surface area contributed by atoms with E-state index < -0.39 is 21.1 Å². The van der Waals surface area contributed by atoms with Crippen LogP contribution in [0.3, 0.4) is 0 Å². The van der Waals surface area contributed by atoms with E-state index in [0.717, 1.165) is 12.3 Å². The summed E-state index contributed by atoms with van der Waals surface area (Å²) in [5, 5.41) is -0.153. The molecule has 1 aromatic heterocycles. The molecule has 8 heteroatoms. The van der Waals surface area contributed by atoms with Gasteiger partial charge < -0.3 is 9.72 Å². The standard InChI is InChI=1S/C11H15ClN2O4S/c1-11(2-4-18-5-3-11)14-19(16,17)8-6-9(12)10(15)13-7-8/h6-7,14H,2-5H2,1H3,(H,13,15). The number of ether oxygens (including phenoxy) is 1. The minimum atomic E-state index is -3.72. The van der Waals surface area contributed by atoms with Gasteiger partial charge in [-0.2, -0.15) is 0 Å². The SMILES string of the molecule is CC1(NS(=O)(=O)c2c[nH]c(=O)c(Cl)c2)CCOCC1. The van der Waals surface area contributed by atoms with E-state index in [1.807, 2.05) is 6.92 Å². The first-order valence-electron chi connectivity index (χ1n) is 5.82. The highest BCUT2D eigenvalue weighted by atomic mass is 35.5. The summed E-state index contributed by atoms with van der Waals surface area (Å²) >= 11 is 5.64. The van der Waals surface area contributed by atoms with Crippen LogP contribution >= 0.6 is 11.6 Å². The van der Waals surface area contributed by atoms with Gasteiger partial charge in [0, 0.05) is 24.9 Å². The van der Waals surface area contributed by atoms with Crippen molar-refractivity contribution in [3.8, 4) is 0 Å². The summed E-state index contributed by atoms with van der Waals surface area (Å²) in [6.07, 6.45) is 2.34. The van der Waals surface area contributed by atoms with Gasteiger partial charge >= 0.3 is 0 Å². The second kappa shape index (κ2) is 5.24. The maximum atomic E-state index is 12.2. The predicted molar refractivity (Wildman–Crippen MR) is 70.9 cm³/mol. The van der Waals surface area contributed by atoms with E-state index in [2.05, 4.69) is 9.71 Å². The van der Waals surface area contributed by atoms with Crippen molar-refractivity contribution in [2.24, 2.45) is 0 Å². The van der Waals surface area contributed by atoms with Gasteiger partial charge in [0.25, 0.3) is 5.56 Å². The molecule has 2 N–H and O–H groups in total. The first-order chi connectivity index (χ1) is 8.82. The molecule has 0 amide bonds. The molecule has 0 saturated carbocycles. The summed E-state index contributed by atoms with van der Waals surface area (Å²) in [5.41, 5.74) is -1.06. The topological polar surface area (TPSA) is 88.3 Å². The van der Waals surface area contributed by atoms with Gasteiger partial charge in [-0.25, -0.2) is 13.1 Å². The molecule has 0 atom stereocenters. The van der Waals surface area contributed by atoms with Crippen molar-refractivity contribution in [3.63, 3.8) is 0 Å². The van der Waals surface area contributed by atoms with Gasteiger partial charge in [-0.1, -0.05) is 11.6 Å². The molecule has 2 rings (SSSR count). The van der Waals surface area contributed by atoms with Crippen molar-refractivity contribution in [1.29, 1.82) is 0 Å². The number of hydrogen-bond acceptors (Lipinski definition) is 4. The number of aromatic nitrogens is 1. The van der Waals surface area contributed by atoms with Gasteiger partial charge in [-0.15, -0.1) is 0 Å². The zero-order valence-electron chi connectivity index (χ0n) is 10.4. The Kier molecular flexibility index (Phi) is 4.00. The lowest BCUT2D eigenvalue weighted by Crippen LogP contribution is -2.49. The molecular formula is C11H15ClN2O4S. The van der Waals surface area contributed by atoms with Crippen molar-refractivity contribution in [2.75, 3.05) is 13.2 Å². The van der Waals surface area contributed by atoms with Gasteiger partial charge in [0.2, 0.25) is 10.0 Å². The zero-order valence-corrected chi connectivity index (χ0v) is 12.0. The molecule has 6 nitrogen and oxygen atoms in total. The van der Waals surface area contributed by atoms with Gasteiger partial charge in [-0.3, -0.25) is 4.79 Å². The predicted octanol–water partition coefficient (Wildman–Crippen LogP) is 0.876. The van der Waals surface area contributed by atoms with Gasteiger partial charge in [0.05, 0.1) is 4.90 Å². The molecule has 106 valence electrons. The molecule has 0 aliphatic carbocycles. The van der Waals surface area contributed by atoms with Crippen LogP contribution in [0.4, 0.5) is 0 Å². The van der Waals surface area contributed by atoms with Crippen LogP contribution in [0.1, 0.15) is 19.8 Å². The molecule has 1 aliphatic heterocycles. The normalized spacial score (nSPS) is 19.3. The fraction of sp³-hybridized carbons (Fsp3) is 0.545. The second-order valence-corrected chi connectivity index (χ2v) is 6.88. The van der Waals surface area contributed by atoms with Crippen LogP contribution in [0.5, 0.6) is 0 Å². The summed E-state index contributed by atoms with van der Waals surface area (Å²) in [4.78, 5) is 13.4. The maximum absolute atomic E-state index is 12.2. The lowest BCUT2D eigenvalue weighted by Gasteiger charge is -2.33. The zero-order chi connectivity index (χ0) is 14.1. The van der Waals surface area contributed by atoms with Crippen LogP contribution in [-0.2, 0) is 14.8 Å². The first-order valence-corrected chi connectivity index (χ1v) is 7.68. The van der Waals surface area contributed by atoms with Crippen LogP contribution in [0.25, 0.3) is 0 Å². The Balaban J connectivity index is 2.27. The highest BCUT2D eigenvalue weighted by Crippen LogP contribution is 2.23. The van der Waals surface area contributed by atoms with Crippen molar-refractivity contribution in [3.05, 3.63) is 27.6 Å². The average molecular weight is 307 g/mol. The largest absolute Gasteiger partial charge is 0.381 e. The van der Waals surface area contributed by atoms with Crippen molar-refractivity contribution in [1.82, 2.24) is 9.71 Å². The van der Waals surface area contributed by atoms with Crippen LogP contribution in [-0.4, -0.2) is 32.2 Å². The van der Waals surface area contributed by atoms with Crippen molar-refractivity contribution in [2.45, 2.75) is 30.2 Å². The molecule has 2 heterocycles. The lowest BCUT2D eigenvalue weighted by molar-refractivity contribution is 0.0537. The molecular weight excluding hydrogens is 292 g/mol. The van der Waals surface area contributed by atoms with Crippen molar-refractivity contribution < 1.29 is 13.2 Å². The van der Waals surface area contributed by atoms with E-state index in [0.29, 0.717) is 26.1 Å². The Labute approximate surface area is 116 Å². The van der Waals surface area contributed by atoms with E-state index in [-0.39, 0.29) is 9.92 Å². The molecule has 1 aromatic rings. The summed E-state index contributed by atoms with van der Waals surface area (Å²) in [6.45, 7) is 2.87. The Morgan fingerprint density at radius 3 is 2.63 bits per heavy atom. The smallest absolute Gasteiger partial charge is 0.266 e. The third-order valence-corrected chi connectivity index (χ3v) is 5.02. The number of nitrogens with one attached hydrogen (secondary N) is 2. The molecule has 0 spiro atoms. The molecule has 1 aliphatic rings. The molecule has 0 radical (unpaired) electrons. The number of pyridine rings is 1. The molecule has 0 bridgehead atoms. The summed E-state index contributed by atoms with van der Waals surface area (Å²) in [7, 11) is -3.72.